The van der Waals surface area contributed by atoms with Crippen LogP contribution in [0.5, 0.6) is 0 Å². The van der Waals surface area contributed by atoms with Gasteiger partial charge in [0.05, 0.1) is 0 Å². The number of hydrogen-bond donors (Lipinski definition) is 0. The molecule has 0 heterocycles. The van der Waals surface area contributed by atoms with Crippen molar-refractivity contribution in [1.29, 1.82) is 0 Å². The number of rotatable bonds is 2. The minimum Gasteiger partial charge on any atom is -0.0619 e. The fourth-order valence-corrected chi connectivity index (χ4v) is 3.06. The molecule has 0 fully saturated rings. The van der Waals surface area contributed by atoms with E-state index in [4.69, 9.17) is 0 Å². The molecule has 2 aromatic rings. The van der Waals surface area contributed by atoms with Gasteiger partial charge in [-0.2, -0.15) is 0 Å². The molecule has 2 aromatic carbocycles. The SMILES string of the molecule is CCc1ccc(C)c(C2=C(C)Cc3ccccc32)c1. The van der Waals surface area contributed by atoms with Gasteiger partial charge in [-0.3, -0.25) is 0 Å². The maximum atomic E-state index is 2.37. The summed E-state index contributed by atoms with van der Waals surface area (Å²) in [4.78, 5) is 0. The predicted molar refractivity (Wildman–Crippen MR) is 82.4 cm³/mol. The highest BCUT2D eigenvalue weighted by molar-refractivity contribution is 5.88. The molecule has 0 bridgehead atoms. The Balaban J connectivity index is 2.20. The molecule has 0 atom stereocenters. The second-order valence-corrected chi connectivity index (χ2v) is 5.49. The van der Waals surface area contributed by atoms with E-state index in [0.717, 1.165) is 12.8 Å². The molecule has 0 saturated heterocycles. The molecule has 0 spiro atoms. The highest BCUT2D eigenvalue weighted by atomic mass is 14.2. The van der Waals surface area contributed by atoms with Gasteiger partial charge in [0.25, 0.3) is 0 Å². The lowest BCUT2D eigenvalue weighted by molar-refractivity contribution is 1.13. The minimum atomic E-state index is 1.10. The molecule has 0 unspecified atom stereocenters. The van der Waals surface area contributed by atoms with E-state index in [1.54, 1.807) is 0 Å². The number of fused-ring (bicyclic) bond motifs is 1. The molecule has 0 aliphatic heterocycles. The molecule has 0 nitrogen and oxygen atoms in total. The van der Waals surface area contributed by atoms with E-state index in [-0.39, 0.29) is 0 Å². The van der Waals surface area contributed by atoms with Crippen LogP contribution in [0.2, 0.25) is 0 Å². The smallest absolute Gasteiger partial charge is 0.00543 e. The van der Waals surface area contributed by atoms with Gasteiger partial charge in [-0.1, -0.05) is 55.0 Å². The van der Waals surface area contributed by atoms with E-state index in [1.165, 1.54) is 39.0 Å². The van der Waals surface area contributed by atoms with Gasteiger partial charge in [0.15, 0.2) is 0 Å². The summed E-state index contributed by atoms with van der Waals surface area (Å²) in [5.74, 6) is 0. The normalized spacial score (nSPS) is 13.8. The van der Waals surface area contributed by atoms with Gasteiger partial charge < -0.3 is 0 Å². The molecule has 0 amide bonds. The van der Waals surface area contributed by atoms with E-state index in [2.05, 4.69) is 63.2 Å². The Morgan fingerprint density at radius 1 is 0.947 bits per heavy atom. The van der Waals surface area contributed by atoms with Crippen LogP contribution in [0.1, 0.15) is 41.7 Å². The monoisotopic (exact) mass is 248 g/mol. The fraction of sp³-hybridized carbons (Fsp3) is 0.263. The molecular formula is C19H20. The van der Waals surface area contributed by atoms with Gasteiger partial charge in [-0.15, -0.1) is 0 Å². The topological polar surface area (TPSA) is 0 Å². The lowest BCUT2D eigenvalue weighted by Gasteiger charge is -2.12. The minimum absolute atomic E-state index is 1.10. The van der Waals surface area contributed by atoms with Crippen LogP contribution < -0.4 is 0 Å². The first-order valence-electron chi connectivity index (χ1n) is 7.08. The maximum Gasteiger partial charge on any atom is -0.00543 e. The van der Waals surface area contributed by atoms with Crippen LogP contribution in [-0.2, 0) is 12.8 Å². The molecule has 1 aliphatic rings. The Bertz CT molecular complexity index is 659. The summed E-state index contributed by atoms with van der Waals surface area (Å²) in [5.41, 5.74) is 10.1. The Kier molecular flexibility index (Phi) is 3.02. The molecule has 0 radical (unpaired) electrons. The standard InChI is InChI=1S/C19H20/c1-4-15-10-9-13(2)18(12-15)19-14(3)11-16-7-5-6-8-17(16)19/h5-10,12H,4,11H2,1-3H3. The van der Waals surface area contributed by atoms with Gasteiger partial charge in [0.2, 0.25) is 0 Å². The summed E-state index contributed by atoms with van der Waals surface area (Å²) in [5, 5.41) is 0. The first-order chi connectivity index (χ1) is 9.20. The maximum absolute atomic E-state index is 2.37. The molecule has 96 valence electrons. The zero-order valence-electron chi connectivity index (χ0n) is 12.0. The highest BCUT2D eigenvalue weighted by Gasteiger charge is 2.20. The van der Waals surface area contributed by atoms with Gasteiger partial charge in [-0.05, 0) is 60.1 Å². The highest BCUT2D eigenvalue weighted by Crippen LogP contribution is 2.38. The quantitative estimate of drug-likeness (QED) is 0.706. The third kappa shape index (κ3) is 2.02. The Morgan fingerprint density at radius 2 is 1.74 bits per heavy atom. The third-order valence-electron chi connectivity index (χ3n) is 4.15. The lowest BCUT2D eigenvalue weighted by Crippen LogP contribution is -1.93. The van der Waals surface area contributed by atoms with Crippen molar-refractivity contribution in [3.63, 3.8) is 0 Å². The van der Waals surface area contributed by atoms with Crippen molar-refractivity contribution in [2.45, 2.75) is 33.6 Å². The average Bonchev–Trinajstić information content (AvgIpc) is 2.75. The number of aryl methyl sites for hydroxylation is 2. The Morgan fingerprint density at radius 3 is 2.53 bits per heavy atom. The molecule has 0 N–H and O–H groups in total. The molecule has 3 rings (SSSR count). The first kappa shape index (κ1) is 12.2. The summed E-state index contributed by atoms with van der Waals surface area (Å²) in [7, 11) is 0. The summed E-state index contributed by atoms with van der Waals surface area (Å²) in [6.45, 7) is 6.71. The number of allylic oxidation sites excluding steroid dienone is 1. The van der Waals surface area contributed by atoms with Crippen LogP contribution >= 0.6 is 0 Å². The van der Waals surface area contributed by atoms with Crippen molar-refractivity contribution in [3.8, 4) is 0 Å². The number of benzene rings is 2. The Labute approximate surface area is 115 Å². The summed E-state index contributed by atoms with van der Waals surface area (Å²) in [6, 6.07) is 15.7. The lowest BCUT2D eigenvalue weighted by atomic mass is 9.92. The second-order valence-electron chi connectivity index (χ2n) is 5.49. The molecular weight excluding hydrogens is 228 g/mol. The van der Waals surface area contributed by atoms with Gasteiger partial charge >= 0.3 is 0 Å². The van der Waals surface area contributed by atoms with E-state index in [0.29, 0.717) is 0 Å². The van der Waals surface area contributed by atoms with Gasteiger partial charge in [0, 0.05) is 0 Å². The number of hydrogen-bond acceptors (Lipinski definition) is 0. The molecule has 0 heteroatoms. The van der Waals surface area contributed by atoms with E-state index in [9.17, 15) is 0 Å². The zero-order chi connectivity index (χ0) is 13.4. The summed E-state index contributed by atoms with van der Waals surface area (Å²) >= 11 is 0. The van der Waals surface area contributed by atoms with Crippen LogP contribution in [-0.4, -0.2) is 0 Å². The van der Waals surface area contributed by atoms with E-state index < -0.39 is 0 Å². The van der Waals surface area contributed by atoms with Crippen LogP contribution in [0.4, 0.5) is 0 Å². The molecule has 19 heavy (non-hydrogen) atoms. The summed E-state index contributed by atoms with van der Waals surface area (Å²) in [6.07, 6.45) is 2.20. The van der Waals surface area contributed by atoms with Crippen molar-refractivity contribution < 1.29 is 0 Å². The van der Waals surface area contributed by atoms with Crippen molar-refractivity contribution in [3.05, 3.63) is 75.9 Å². The molecule has 0 saturated carbocycles. The first-order valence-corrected chi connectivity index (χ1v) is 7.08. The van der Waals surface area contributed by atoms with Gasteiger partial charge in [-0.25, -0.2) is 0 Å². The van der Waals surface area contributed by atoms with Crippen molar-refractivity contribution in [1.82, 2.24) is 0 Å². The largest absolute Gasteiger partial charge is 0.0619 e. The van der Waals surface area contributed by atoms with Crippen LogP contribution in [0.3, 0.4) is 0 Å². The fourth-order valence-electron chi connectivity index (χ4n) is 3.06. The molecule has 1 aliphatic carbocycles. The zero-order valence-corrected chi connectivity index (χ0v) is 12.0. The van der Waals surface area contributed by atoms with Crippen LogP contribution in [0.25, 0.3) is 5.57 Å². The van der Waals surface area contributed by atoms with Crippen molar-refractivity contribution in [2.75, 3.05) is 0 Å². The van der Waals surface area contributed by atoms with E-state index >= 15 is 0 Å². The summed E-state index contributed by atoms with van der Waals surface area (Å²) < 4.78 is 0. The van der Waals surface area contributed by atoms with E-state index in [1.807, 2.05) is 0 Å². The van der Waals surface area contributed by atoms with Gasteiger partial charge in [0.1, 0.15) is 0 Å². The van der Waals surface area contributed by atoms with Crippen molar-refractivity contribution >= 4 is 5.57 Å². The molecule has 0 aromatic heterocycles. The van der Waals surface area contributed by atoms with Crippen LogP contribution in [0, 0.1) is 6.92 Å². The third-order valence-corrected chi connectivity index (χ3v) is 4.15. The Hall–Kier alpha value is -1.82. The van der Waals surface area contributed by atoms with Crippen molar-refractivity contribution in [2.24, 2.45) is 0 Å². The average molecular weight is 248 g/mol. The predicted octanol–water partition coefficient (Wildman–Crippen LogP) is 4.94. The second kappa shape index (κ2) is 4.70. The van der Waals surface area contributed by atoms with Crippen LogP contribution in [0.15, 0.2) is 48.0 Å².